The SMILES string of the molecule is COc1ccc(C(=Cc2ccc(N(c3ccccc3)c3ccc4c(c3)C(C)(C)c3ccccc3-4)cc2)c2ccc(OC(=O)COc3ccc(C4(c5ccc(OC(C)=O)cc5)CCCCC4)cc3)cc2)cc1. The Morgan fingerprint density at radius 2 is 1.07 bits per heavy atom. The second kappa shape index (κ2) is 20.1. The Morgan fingerprint density at radius 3 is 1.70 bits per heavy atom. The molecular weight excluding hydrogens is 879 g/mol. The molecule has 71 heavy (non-hydrogen) atoms. The summed E-state index contributed by atoms with van der Waals surface area (Å²) in [6, 6.07) is 66.4. The molecule has 2 aliphatic carbocycles. The lowest BCUT2D eigenvalue weighted by molar-refractivity contribution is -0.136. The van der Waals surface area contributed by atoms with Gasteiger partial charge in [0.25, 0.3) is 0 Å². The molecule has 1 saturated carbocycles. The molecule has 0 aromatic heterocycles. The van der Waals surface area contributed by atoms with E-state index in [9.17, 15) is 9.59 Å². The number of para-hydroxylation sites is 1. The minimum Gasteiger partial charge on any atom is -0.497 e. The van der Waals surface area contributed by atoms with Crippen LogP contribution in [-0.2, 0) is 20.4 Å². The molecule has 10 rings (SSSR count). The average Bonchev–Trinajstić information content (AvgIpc) is 3.63. The normalized spacial score (nSPS) is 14.4. The van der Waals surface area contributed by atoms with Crippen LogP contribution in [0.15, 0.2) is 194 Å². The molecule has 7 nitrogen and oxygen atoms in total. The fraction of sp³-hybridized carbons (Fsp3) is 0.188. The molecule has 1 fully saturated rings. The van der Waals surface area contributed by atoms with Gasteiger partial charge in [-0.05, 0) is 159 Å². The molecule has 7 heteroatoms. The van der Waals surface area contributed by atoms with Crippen LogP contribution in [0.1, 0.15) is 91.8 Å². The number of benzene rings is 8. The van der Waals surface area contributed by atoms with Crippen molar-refractivity contribution in [1.29, 1.82) is 0 Å². The van der Waals surface area contributed by atoms with Gasteiger partial charge < -0.3 is 23.8 Å². The highest BCUT2D eigenvalue weighted by atomic mass is 16.6. The Labute approximate surface area is 417 Å². The number of esters is 2. The molecule has 0 saturated heterocycles. The van der Waals surface area contributed by atoms with Gasteiger partial charge in [0.05, 0.1) is 7.11 Å². The van der Waals surface area contributed by atoms with Gasteiger partial charge in [-0.1, -0.05) is 142 Å². The molecule has 0 atom stereocenters. The maximum atomic E-state index is 13.1. The van der Waals surface area contributed by atoms with Crippen molar-refractivity contribution in [3.8, 4) is 34.1 Å². The van der Waals surface area contributed by atoms with E-state index >= 15 is 0 Å². The lowest BCUT2D eigenvalue weighted by Gasteiger charge is -2.38. The molecule has 0 unspecified atom stereocenters. The number of carbonyl (C=O) groups excluding carboxylic acids is 2. The van der Waals surface area contributed by atoms with Crippen molar-refractivity contribution < 1.29 is 28.5 Å². The topological polar surface area (TPSA) is 74.3 Å². The molecule has 0 spiro atoms. The van der Waals surface area contributed by atoms with Crippen LogP contribution in [0.25, 0.3) is 22.8 Å². The molecule has 0 amide bonds. The van der Waals surface area contributed by atoms with E-state index in [4.69, 9.17) is 18.9 Å². The van der Waals surface area contributed by atoms with E-state index < -0.39 is 5.97 Å². The molecule has 8 aromatic carbocycles. The van der Waals surface area contributed by atoms with Crippen LogP contribution in [0.3, 0.4) is 0 Å². The molecule has 0 heterocycles. The maximum absolute atomic E-state index is 13.1. The van der Waals surface area contributed by atoms with Crippen LogP contribution < -0.4 is 23.8 Å². The summed E-state index contributed by atoms with van der Waals surface area (Å²) < 4.78 is 22.5. The van der Waals surface area contributed by atoms with Crippen molar-refractivity contribution in [1.82, 2.24) is 0 Å². The van der Waals surface area contributed by atoms with E-state index in [0.29, 0.717) is 17.2 Å². The van der Waals surface area contributed by atoms with Crippen LogP contribution in [0, 0.1) is 0 Å². The van der Waals surface area contributed by atoms with Gasteiger partial charge >= 0.3 is 11.9 Å². The quantitative estimate of drug-likeness (QED) is 0.0611. The number of ether oxygens (including phenoxy) is 4. The fourth-order valence-electron chi connectivity index (χ4n) is 10.6. The monoisotopic (exact) mass is 935 g/mol. The highest BCUT2D eigenvalue weighted by Gasteiger charge is 2.37. The lowest BCUT2D eigenvalue weighted by atomic mass is 9.65. The van der Waals surface area contributed by atoms with E-state index in [-0.39, 0.29) is 23.4 Å². The fourth-order valence-corrected chi connectivity index (χ4v) is 10.6. The summed E-state index contributed by atoms with van der Waals surface area (Å²) >= 11 is 0. The van der Waals surface area contributed by atoms with Crippen LogP contribution in [-0.4, -0.2) is 25.7 Å². The van der Waals surface area contributed by atoms with Crippen molar-refractivity contribution in [3.05, 3.63) is 233 Å². The molecule has 354 valence electrons. The van der Waals surface area contributed by atoms with Crippen LogP contribution in [0.4, 0.5) is 17.1 Å². The molecule has 2 aliphatic rings. The number of hydrogen-bond acceptors (Lipinski definition) is 7. The number of carbonyl (C=O) groups is 2. The summed E-state index contributed by atoms with van der Waals surface area (Å²) in [7, 11) is 1.67. The third-order valence-electron chi connectivity index (χ3n) is 14.2. The van der Waals surface area contributed by atoms with Crippen molar-refractivity contribution in [2.45, 2.75) is 63.7 Å². The Balaban J connectivity index is 0.851. The van der Waals surface area contributed by atoms with E-state index in [1.807, 2.05) is 60.7 Å². The first-order valence-electron chi connectivity index (χ1n) is 24.5. The first-order chi connectivity index (χ1) is 34.6. The summed E-state index contributed by atoms with van der Waals surface area (Å²) in [5, 5.41) is 0. The number of fused-ring (bicyclic) bond motifs is 3. The van der Waals surface area contributed by atoms with Crippen molar-refractivity contribution in [2.75, 3.05) is 18.6 Å². The third-order valence-corrected chi connectivity index (χ3v) is 14.2. The molecule has 0 bridgehead atoms. The van der Waals surface area contributed by atoms with Gasteiger partial charge in [-0.15, -0.1) is 0 Å². The molecule has 8 aromatic rings. The lowest BCUT2D eigenvalue weighted by Crippen LogP contribution is -2.30. The highest BCUT2D eigenvalue weighted by Crippen LogP contribution is 2.51. The van der Waals surface area contributed by atoms with Crippen molar-refractivity contribution in [2.24, 2.45) is 0 Å². The van der Waals surface area contributed by atoms with Gasteiger partial charge in [0.2, 0.25) is 0 Å². The summed E-state index contributed by atoms with van der Waals surface area (Å²) in [5.74, 6) is 1.50. The number of anilines is 3. The maximum Gasteiger partial charge on any atom is 0.349 e. The summed E-state index contributed by atoms with van der Waals surface area (Å²) in [4.78, 5) is 27.0. The van der Waals surface area contributed by atoms with Gasteiger partial charge in [-0.25, -0.2) is 4.79 Å². The zero-order valence-electron chi connectivity index (χ0n) is 40.7. The third kappa shape index (κ3) is 9.73. The Morgan fingerprint density at radius 1 is 0.535 bits per heavy atom. The predicted octanol–water partition coefficient (Wildman–Crippen LogP) is 15.2. The second-order valence-electron chi connectivity index (χ2n) is 19.0. The van der Waals surface area contributed by atoms with Crippen LogP contribution in [0.2, 0.25) is 0 Å². The molecule has 0 N–H and O–H groups in total. The van der Waals surface area contributed by atoms with Crippen molar-refractivity contribution in [3.63, 3.8) is 0 Å². The first kappa shape index (κ1) is 46.6. The largest absolute Gasteiger partial charge is 0.497 e. The number of nitrogens with zero attached hydrogens (tertiary/aromatic N) is 1. The van der Waals surface area contributed by atoms with E-state index in [0.717, 1.165) is 70.8 Å². The average molecular weight is 936 g/mol. The highest BCUT2D eigenvalue weighted by molar-refractivity contribution is 5.92. The predicted molar refractivity (Wildman–Crippen MR) is 284 cm³/mol. The van der Waals surface area contributed by atoms with Gasteiger partial charge in [-0.2, -0.15) is 0 Å². The van der Waals surface area contributed by atoms with Gasteiger partial charge in [0.15, 0.2) is 6.61 Å². The zero-order valence-corrected chi connectivity index (χ0v) is 40.7. The number of hydrogen-bond donors (Lipinski definition) is 0. The summed E-state index contributed by atoms with van der Waals surface area (Å²) in [6.45, 7) is 5.81. The molecular formula is C64H57NO6. The minimum atomic E-state index is -0.498. The Kier molecular flexibility index (Phi) is 13.2. The molecule has 0 aliphatic heterocycles. The number of methoxy groups -OCH3 is 1. The Bertz CT molecular complexity index is 3190. The Hall–Kier alpha value is -8.16. The van der Waals surface area contributed by atoms with Crippen LogP contribution in [0.5, 0.6) is 23.0 Å². The zero-order chi connectivity index (χ0) is 49.0. The standard InChI is InChI=1S/C64H57NO6/c1-44(66)70-55-36-25-49(26-37-55)64(39-11-6-12-40-64)48-23-34-54(35-24-48)69-43-62(67)71-56-32-21-47(22-33-56)59(46-19-30-53(68-4)31-20-46)41-45-17-27-51(28-18-45)65(50-13-7-5-8-14-50)52-29-38-58-57-15-9-10-16-60(57)63(2,3)61(58)42-52/h5,7-10,13-38,41-42H,6,11-12,39-40,43H2,1-4H3. The summed E-state index contributed by atoms with van der Waals surface area (Å²) in [6.07, 6.45) is 7.70. The minimum absolute atomic E-state index is 0.120. The van der Waals surface area contributed by atoms with Gasteiger partial charge in [0, 0.05) is 34.8 Å². The number of rotatable bonds is 14. The van der Waals surface area contributed by atoms with Gasteiger partial charge in [0.1, 0.15) is 23.0 Å². The molecule has 0 radical (unpaired) electrons. The van der Waals surface area contributed by atoms with E-state index in [1.54, 1.807) is 7.11 Å². The van der Waals surface area contributed by atoms with Gasteiger partial charge in [-0.3, -0.25) is 4.79 Å². The smallest absolute Gasteiger partial charge is 0.349 e. The summed E-state index contributed by atoms with van der Waals surface area (Å²) in [5.41, 5.74) is 14.6. The van der Waals surface area contributed by atoms with Crippen molar-refractivity contribution >= 4 is 40.6 Å². The van der Waals surface area contributed by atoms with E-state index in [2.05, 4.69) is 158 Å². The van der Waals surface area contributed by atoms with Crippen LogP contribution >= 0.6 is 0 Å². The first-order valence-corrected chi connectivity index (χ1v) is 24.5. The second-order valence-corrected chi connectivity index (χ2v) is 19.0. The van der Waals surface area contributed by atoms with E-state index in [1.165, 1.54) is 46.7 Å².